The number of nitrogens with zero attached hydrogens (tertiary/aromatic N) is 1. The number of urea groups is 1. The quantitative estimate of drug-likeness (QED) is 0.370. The van der Waals surface area contributed by atoms with Gasteiger partial charge in [-0.2, -0.15) is 0 Å². The number of imide groups is 1. The van der Waals surface area contributed by atoms with E-state index in [4.69, 9.17) is 16.3 Å². The van der Waals surface area contributed by atoms with Gasteiger partial charge in [0.25, 0.3) is 5.91 Å². The van der Waals surface area contributed by atoms with Gasteiger partial charge in [-0.3, -0.25) is 4.79 Å². The summed E-state index contributed by atoms with van der Waals surface area (Å²) in [4.78, 5) is 26.3. The average Bonchev–Trinajstić information content (AvgIpc) is 3.02. The number of carbonyl (C=O) groups excluding carboxylic acids is 2. The molecule has 7 heteroatoms. The molecule has 3 aromatic rings. The molecule has 0 aliphatic carbocycles. The lowest BCUT2D eigenvalue weighted by Gasteiger charge is -2.12. The van der Waals surface area contributed by atoms with Crippen LogP contribution in [0.5, 0.6) is 5.75 Å². The van der Waals surface area contributed by atoms with Gasteiger partial charge >= 0.3 is 6.03 Å². The number of amides is 3. The van der Waals surface area contributed by atoms with Gasteiger partial charge in [0.2, 0.25) is 0 Å². The van der Waals surface area contributed by atoms with Crippen LogP contribution in [0.1, 0.15) is 11.1 Å². The number of hydrogen-bond acceptors (Lipinski definition) is 3. The SMILES string of the molecule is O=C1N/C(=C/c2cc(Br)ccc2OCc2ccccc2Cl)C(=O)N1c1ccccc1. The van der Waals surface area contributed by atoms with E-state index in [2.05, 4.69) is 21.2 Å². The van der Waals surface area contributed by atoms with Crippen molar-refractivity contribution in [1.29, 1.82) is 0 Å². The molecule has 5 nitrogen and oxygen atoms in total. The van der Waals surface area contributed by atoms with Crippen LogP contribution in [0, 0.1) is 0 Å². The second kappa shape index (κ2) is 8.73. The summed E-state index contributed by atoms with van der Waals surface area (Å²) in [6, 6.07) is 21.2. The molecule has 4 rings (SSSR count). The van der Waals surface area contributed by atoms with E-state index in [0.29, 0.717) is 22.0 Å². The first-order valence-electron chi connectivity index (χ1n) is 9.11. The van der Waals surface area contributed by atoms with Crippen LogP contribution < -0.4 is 15.0 Å². The van der Waals surface area contributed by atoms with Gasteiger partial charge in [0, 0.05) is 20.6 Å². The number of carbonyl (C=O) groups is 2. The Hall–Kier alpha value is -3.09. The minimum absolute atomic E-state index is 0.171. The smallest absolute Gasteiger partial charge is 0.333 e. The van der Waals surface area contributed by atoms with Gasteiger partial charge < -0.3 is 10.1 Å². The first-order valence-corrected chi connectivity index (χ1v) is 10.3. The first-order chi connectivity index (χ1) is 14.5. The van der Waals surface area contributed by atoms with E-state index in [1.807, 2.05) is 36.4 Å². The van der Waals surface area contributed by atoms with Crippen LogP contribution in [0.3, 0.4) is 0 Å². The highest BCUT2D eigenvalue weighted by atomic mass is 79.9. The van der Waals surface area contributed by atoms with Gasteiger partial charge in [-0.25, -0.2) is 9.69 Å². The number of para-hydroxylation sites is 1. The summed E-state index contributed by atoms with van der Waals surface area (Å²) in [5.74, 6) is 0.133. The second-order valence-corrected chi connectivity index (χ2v) is 7.85. The van der Waals surface area contributed by atoms with E-state index in [1.54, 1.807) is 42.5 Å². The summed E-state index contributed by atoms with van der Waals surface area (Å²) >= 11 is 9.65. The predicted molar refractivity (Wildman–Crippen MR) is 120 cm³/mol. The number of anilines is 1. The van der Waals surface area contributed by atoms with E-state index >= 15 is 0 Å². The van der Waals surface area contributed by atoms with Crippen LogP contribution in [0.2, 0.25) is 5.02 Å². The van der Waals surface area contributed by atoms with Crippen LogP contribution in [-0.2, 0) is 11.4 Å². The summed E-state index contributed by atoms with van der Waals surface area (Å²) in [5, 5.41) is 3.25. The number of benzene rings is 3. The molecule has 1 aliphatic heterocycles. The molecule has 1 heterocycles. The third-order valence-electron chi connectivity index (χ3n) is 4.51. The highest BCUT2D eigenvalue weighted by Gasteiger charge is 2.34. The Balaban J connectivity index is 1.62. The topological polar surface area (TPSA) is 58.6 Å². The molecule has 1 fully saturated rings. The molecule has 0 saturated carbocycles. The first kappa shape index (κ1) is 20.2. The molecule has 0 atom stereocenters. The summed E-state index contributed by atoms with van der Waals surface area (Å²) < 4.78 is 6.77. The largest absolute Gasteiger partial charge is 0.488 e. The molecule has 3 aromatic carbocycles. The number of ether oxygens (including phenoxy) is 1. The van der Waals surface area contributed by atoms with Crippen molar-refractivity contribution < 1.29 is 14.3 Å². The Labute approximate surface area is 187 Å². The second-order valence-electron chi connectivity index (χ2n) is 6.53. The predicted octanol–water partition coefficient (Wildman–Crippen LogP) is 5.78. The van der Waals surface area contributed by atoms with Gasteiger partial charge in [-0.05, 0) is 42.5 Å². The van der Waals surface area contributed by atoms with Crippen molar-refractivity contribution in [3.05, 3.63) is 99.1 Å². The van der Waals surface area contributed by atoms with E-state index in [0.717, 1.165) is 14.9 Å². The maximum Gasteiger partial charge on any atom is 0.333 e. The van der Waals surface area contributed by atoms with E-state index in [9.17, 15) is 9.59 Å². The fourth-order valence-corrected chi connectivity index (χ4v) is 3.61. The Morgan fingerprint density at radius 3 is 2.50 bits per heavy atom. The molecule has 3 amide bonds. The normalized spacial score (nSPS) is 14.9. The molecule has 150 valence electrons. The van der Waals surface area contributed by atoms with Crippen molar-refractivity contribution in [3.8, 4) is 5.75 Å². The Morgan fingerprint density at radius 1 is 1.00 bits per heavy atom. The summed E-state index contributed by atoms with van der Waals surface area (Å²) in [6.07, 6.45) is 1.61. The van der Waals surface area contributed by atoms with Gasteiger partial charge in [0.15, 0.2) is 0 Å². The Morgan fingerprint density at radius 2 is 1.73 bits per heavy atom. The van der Waals surface area contributed by atoms with Crippen molar-refractivity contribution in [1.82, 2.24) is 5.32 Å². The third-order valence-corrected chi connectivity index (χ3v) is 5.37. The Kier molecular flexibility index (Phi) is 5.88. The summed E-state index contributed by atoms with van der Waals surface area (Å²) in [7, 11) is 0. The number of hydrogen-bond donors (Lipinski definition) is 1. The third kappa shape index (κ3) is 4.25. The molecule has 1 N–H and O–H groups in total. The maximum atomic E-state index is 12.8. The van der Waals surface area contributed by atoms with E-state index in [-0.39, 0.29) is 12.3 Å². The maximum absolute atomic E-state index is 12.8. The molecule has 0 unspecified atom stereocenters. The summed E-state index contributed by atoms with van der Waals surface area (Å²) in [6.45, 7) is 0.272. The van der Waals surface area contributed by atoms with Crippen molar-refractivity contribution in [3.63, 3.8) is 0 Å². The summed E-state index contributed by atoms with van der Waals surface area (Å²) in [5.41, 5.74) is 2.17. The number of nitrogens with one attached hydrogen (secondary N) is 1. The highest BCUT2D eigenvalue weighted by Crippen LogP contribution is 2.29. The van der Waals surface area contributed by atoms with Crippen LogP contribution >= 0.6 is 27.5 Å². The lowest BCUT2D eigenvalue weighted by molar-refractivity contribution is -0.113. The van der Waals surface area contributed by atoms with Crippen LogP contribution in [-0.4, -0.2) is 11.9 Å². The fourth-order valence-electron chi connectivity index (χ4n) is 3.04. The standard InChI is InChI=1S/C23H16BrClN2O3/c24-17-10-11-21(30-14-15-6-4-5-9-19(15)25)16(12-17)13-20-22(28)27(23(29)26-20)18-7-2-1-3-8-18/h1-13H,14H2,(H,26,29)/b20-13+. The van der Waals surface area contributed by atoms with Gasteiger partial charge in [-0.15, -0.1) is 0 Å². The molecule has 1 saturated heterocycles. The molecule has 0 aromatic heterocycles. The molecule has 0 radical (unpaired) electrons. The minimum Gasteiger partial charge on any atom is -0.488 e. The molecule has 30 heavy (non-hydrogen) atoms. The molecule has 0 bridgehead atoms. The highest BCUT2D eigenvalue weighted by molar-refractivity contribution is 9.10. The number of rotatable bonds is 5. The Bertz CT molecular complexity index is 1150. The minimum atomic E-state index is -0.494. The van der Waals surface area contributed by atoms with Crippen molar-refractivity contribution in [2.45, 2.75) is 6.61 Å². The fraction of sp³-hybridized carbons (Fsp3) is 0.0435. The molecular formula is C23H16BrClN2O3. The number of halogens is 2. The lowest BCUT2D eigenvalue weighted by atomic mass is 10.1. The monoisotopic (exact) mass is 482 g/mol. The molecule has 1 aliphatic rings. The molecule has 0 spiro atoms. The van der Waals surface area contributed by atoms with Crippen LogP contribution in [0.25, 0.3) is 6.08 Å². The van der Waals surface area contributed by atoms with E-state index in [1.165, 1.54) is 0 Å². The van der Waals surface area contributed by atoms with Crippen molar-refractivity contribution >= 4 is 51.2 Å². The van der Waals surface area contributed by atoms with Crippen molar-refractivity contribution in [2.75, 3.05) is 4.90 Å². The molecular weight excluding hydrogens is 468 g/mol. The van der Waals surface area contributed by atoms with Gasteiger partial charge in [0.05, 0.1) is 5.69 Å². The zero-order valence-corrected chi connectivity index (χ0v) is 18.0. The lowest BCUT2D eigenvalue weighted by Crippen LogP contribution is -2.30. The van der Waals surface area contributed by atoms with Gasteiger partial charge in [0.1, 0.15) is 18.1 Å². The zero-order chi connectivity index (χ0) is 21.1. The van der Waals surface area contributed by atoms with Gasteiger partial charge in [-0.1, -0.05) is 63.9 Å². The van der Waals surface area contributed by atoms with Crippen molar-refractivity contribution in [2.24, 2.45) is 0 Å². The van der Waals surface area contributed by atoms with E-state index < -0.39 is 11.9 Å². The van der Waals surface area contributed by atoms with Crippen LogP contribution in [0.4, 0.5) is 10.5 Å². The zero-order valence-electron chi connectivity index (χ0n) is 15.6. The average molecular weight is 484 g/mol. The van der Waals surface area contributed by atoms with Crippen LogP contribution in [0.15, 0.2) is 83.0 Å².